The first-order valence-corrected chi connectivity index (χ1v) is 4.38. The van der Waals surface area contributed by atoms with Crippen LogP contribution in [0.5, 0.6) is 0 Å². The van der Waals surface area contributed by atoms with Gasteiger partial charge in [0.2, 0.25) is 0 Å². The van der Waals surface area contributed by atoms with E-state index in [0.29, 0.717) is 12.5 Å². The molecule has 0 aliphatic heterocycles. The average Bonchev–Trinajstić information content (AvgIpc) is 2.31. The summed E-state index contributed by atoms with van der Waals surface area (Å²) >= 11 is 0. The number of H-pyrrole nitrogens is 1. The molecule has 0 aliphatic carbocycles. The minimum absolute atomic E-state index is 0.499. The quantitative estimate of drug-likeness (QED) is 0.714. The van der Waals surface area contributed by atoms with E-state index >= 15 is 0 Å². The molecule has 3 nitrogen and oxygen atoms in total. The maximum Gasteiger partial charge on any atom is 0.120 e. The van der Waals surface area contributed by atoms with Crippen LogP contribution in [0.4, 0.5) is 0 Å². The first-order chi connectivity index (χ1) is 5.63. The zero-order valence-corrected chi connectivity index (χ0v) is 8.02. The van der Waals surface area contributed by atoms with Crippen molar-refractivity contribution in [1.29, 1.82) is 0 Å². The molecule has 0 aromatic carbocycles. The lowest BCUT2D eigenvalue weighted by atomic mass is 10.1. The van der Waals surface area contributed by atoms with Gasteiger partial charge in [0, 0.05) is 5.69 Å². The fourth-order valence-corrected chi connectivity index (χ4v) is 1.25. The molecule has 68 valence electrons. The Morgan fingerprint density at radius 1 is 1.50 bits per heavy atom. The van der Waals surface area contributed by atoms with Crippen LogP contribution < -0.4 is 5.73 Å². The molecule has 3 heteroatoms. The maximum absolute atomic E-state index is 5.47. The van der Waals surface area contributed by atoms with Crippen molar-refractivity contribution < 1.29 is 0 Å². The van der Waals surface area contributed by atoms with E-state index in [4.69, 9.17) is 5.73 Å². The molecule has 1 aromatic heterocycles. The minimum Gasteiger partial charge on any atom is -0.345 e. The Morgan fingerprint density at radius 3 is 2.58 bits per heavy atom. The first-order valence-electron chi connectivity index (χ1n) is 4.38. The number of hydrogen-bond acceptors (Lipinski definition) is 2. The van der Waals surface area contributed by atoms with E-state index in [9.17, 15) is 0 Å². The Kier molecular flexibility index (Phi) is 2.87. The Balaban J connectivity index is 2.77. The normalized spacial score (nSPS) is 11.1. The highest BCUT2D eigenvalue weighted by molar-refractivity contribution is 5.13. The second kappa shape index (κ2) is 3.72. The Hall–Kier alpha value is -0.830. The van der Waals surface area contributed by atoms with Crippen LogP contribution in [0.3, 0.4) is 0 Å². The van der Waals surface area contributed by atoms with Gasteiger partial charge in [-0.05, 0) is 19.3 Å². The van der Waals surface area contributed by atoms with Crippen molar-refractivity contribution >= 4 is 0 Å². The fraction of sp³-hybridized carbons (Fsp3) is 0.667. The summed E-state index contributed by atoms with van der Waals surface area (Å²) in [4.78, 5) is 7.55. The first kappa shape index (κ1) is 9.26. The highest BCUT2D eigenvalue weighted by atomic mass is 14.9. The van der Waals surface area contributed by atoms with Gasteiger partial charge in [-0.2, -0.15) is 0 Å². The van der Waals surface area contributed by atoms with E-state index in [1.54, 1.807) is 0 Å². The molecule has 0 saturated heterocycles. The third kappa shape index (κ3) is 2.08. The molecule has 0 unspecified atom stereocenters. The van der Waals surface area contributed by atoms with Crippen molar-refractivity contribution in [2.75, 3.05) is 0 Å². The number of imidazole rings is 1. The summed E-state index contributed by atoms with van der Waals surface area (Å²) in [6.45, 7) is 6.93. The molecule has 0 radical (unpaired) electrons. The number of rotatable bonds is 3. The Bertz CT molecular complexity index is 250. The van der Waals surface area contributed by atoms with Crippen LogP contribution in [0.2, 0.25) is 0 Å². The van der Waals surface area contributed by atoms with Crippen molar-refractivity contribution in [3.8, 4) is 0 Å². The largest absolute Gasteiger partial charge is 0.345 e. The summed E-state index contributed by atoms with van der Waals surface area (Å²) in [5.74, 6) is 1.54. The number of nitrogens with zero attached hydrogens (tertiary/aromatic N) is 1. The lowest BCUT2D eigenvalue weighted by molar-refractivity contribution is 0.634. The Labute approximate surface area is 73.4 Å². The number of aryl methyl sites for hydroxylation is 1. The molecule has 0 atom stereocenters. The zero-order valence-electron chi connectivity index (χ0n) is 8.02. The van der Waals surface area contributed by atoms with Gasteiger partial charge >= 0.3 is 0 Å². The zero-order chi connectivity index (χ0) is 9.14. The van der Waals surface area contributed by atoms with Gasteiger partial charge in [-0.1, -0.05) is 13.8 Å². The molecule has 0 amide bonds. The summed E-state index contributed by atoms with van der Waals surface area (Å²) in [5.41, 5.74) is 7.78. The topological polar surface area (TPSA) is 54.7 Å². The number of hydrogen-bond donors (Lipinski definition) is 2. The lowest BCUT2D eigenvalue weighted by Crippen LogP contribution is -1.99. The standard InChI is InChI=1S/C9H17N3/c1-6(2)4-8-7(3)11-9(5-10)12-8/h6H,4-5,10H2,1-3H3,(H,11,12). The van der Waals surface area contributed by atoms with Crippen LogP contribution in [0.15, 0.2) is 0 Å². The lowest BCUT2D eigenvalue weighted by Gasteiger charge is -2.00. The maximum atomic E-state index is 5.47. The SMILES string of the molecule is Cc1[nH]c(CN)nc1CC(C)C. The van der Waals surface area contributed by atoms with E-state index in [1.807, 2.05) is 6.92 Å². The van der Waals surface area contributed by atoms with Gasteiger partial charge in [-0.3, -0.25) is 0 Å². The van der Waals surface area contributed by atoms with Gasteiger partial charge in [0.15, 0.2) is 0 Å². The van der Waals surface area contributed by atoms with Gasteiger partial charge in [0.05, 0.1) is 12.2 Å². The molecular weight excluding hydrogens is 150 g/mol. The summed E-state index contributed by atoms with van der Waals surface area (Å²) in [6.07, 6.45) is 1.03. The van der Waals surface area contributed by atoms with Gasteiger partial charge in [0.25, 0.3) is 0 Å². The third-order valence-corrected chi connectivity index (χ3v) is 1.83. The molecule has 0 fully saturated rings. The van der Waals surface area contributed by atoms with Gasteiger partial charge in [-0.25, -0.2) is 4.98 Å². The van der Waals surface area contributed by atoms with E-state index < -0.39 is 0 Å². The van der Waals surface area contributed by atoms with E-state index in [0.717, 1.165) is 23.6 Å². The fourth-order valence-electron chi connectivity index (χ4n) is 1.25. The summed E-state index contributed by atoms with van der Waals surface area (Å²) in [6, 6.07) is 0. The van der Waals surface area contributed by atoms with Crippen LogP contribution in [-0.4, -0.2) is 9.97 Å². The molecule has 1 rings (SSSR count). The second-order valence-corrected chi connectivity index (χ2v) is 3.56. The smallest absolute Gasteiger partial charge is 0.120 e. The second-order valence-electron chi connectivity index (χ2n) is 3.56. The predicted molar refractivity (Wildman–Crippen MR) is 49.8 cm³/mol. The van der Waals surface area contributed by atoms with Crippen LogP contribution >= 0.6 is 0 Å². The van der Waals surface area contributed by atoms with Crippen LogP contribution in [-0.2, 0) is 13.0 Å². The van der Waals surface area contributed by atoms with E-state index in [1.165, 1.54) is 0 Å². The van der Waals surface area contributed by atoms with E-state index in [-0.39, 0.29) is 0 Å². The third-order valence-electron chi connectivity index (χ3n) is 1.83. The minimum atomic E-state index is 0.499. The van der Waals surface area contributed by atoms with Crippen molar-refractivity contribution in [1.82, 2.24) is 9.97 Å². The number of nitrogens with one attached hydrogen (secondary N) is 1. The van der Waals surface area contributed by atoms with Crippen LogP contribution in [0.25, 0.3) is 0 Å². The van der Waals surface area contributed by atoms with Crippen molar-refractivity contribution in [2.24, 2.45) is 11.7 Å². The number of aromatic amines is 1. The van der Waals surface area contributed by atoms with Crippen LogP contribution in [0, 0.1) is 12.8 Å². The van der Waals surface area contributed by atoms with Gasteiger partial charge < -0.3 is 10.7 Å². The molecule has 0 spiro atoms. The average molecular weight is 167 g/mol. The molecule has 0 aliphatic rings. The molecular formula is C9H17N3. The Morgan fingerprint density at radius 2 is 2.17 bits per heavy atom. The molecule has 0 bridgehead atoms. The number of aromatic nitrogens is 2. The van der Waals surface area contributed by atoms with Crippen molar-refractivity contribution in [3.05, 3.63) is 17.2 Å². The highest BCUT2D eigenvalue weighted by Gasteiger charge is 2.06. The predicted octanol–water partition coefficient (Wildman–Crippen LogP) is 1.38. The van der Waals surface area contributed by atoms with Gasteiger partial charge in [-0.15, -0.1) is 0 Å². The highest BCUT2D eigenvalue weighted by Crippen LogP contribution is 2.10. The van der Waals surface area contributed by atoms with E-state index in [2.05, 4.69) is 23.8 Å². The van der Waals surface area contributed by atoms with Crippen molar-refractivity contribution in [3.63, 3.8) is 0 Å². The summed E-state index contributed by atoms with van der Waals surface area (Å²) in [7, 11) is 0. The monoisotopic (exact) mass is 167 g/mol. The molecule has 0 saturated carbocycles. The molecule has 1 aromatic rings. The number of nitrogens with two attached hydrogens (primary N) is 1. The molecule has 3 N–H and O–H groups in total. The van der Waals surface area contributed by atoms with Crippen LogP contribution in [0.1, 0.15) is 31.1 Å². The van der Waals surface area contributed by atoms with Crippen molar-refractivity contribution in [2.45, 2.75) is 33.7 Å². The molecule has 12 heavy (non-hydrogen) atoms. The summed E-state index contributed by atoms with van der Waals surface area (Å²) in [5, 5.41) is 0. The summed E-state index contributed by atoms with van der Waals surface area (Å²) < 4.78 is 0. The van der Waals surface area contributed by atoms with Gasteiger partial charge in [0.1, 0.15) is 5.82 Å². The molecule has 1 heterocycles.